The smallest absolute Gasteiger partial charge is 0.324 e. The number of benzene rings is 2. The van der Waals surface area contributed by atoms with E-state index in [4.69, 9.17) is 0 Å². The Balaban J connectivity index is 1.54. The first-order valence-corrected chi connectivity index (χ1v) is 11.4. The zero-order chi connectivity index (χ0) is 21.8. The van der Waals surface area contributed by atoms with Gasteiger partial charge in [0, 0.05) is 24.5 Å². The van der Waals surface area contributed by atoms with Gasteiger partial charge in [-0.15, -0.1) is 11.3 Å². The van der Waals surface area contributed by atoms with Crippen molar-refractivity contribution in [1.29, 1.82) is 0 Å². The van der Waals surface area contributed by atoms with Crippen LogP contribution in [0.3, 0.4) is 0 Å². The summed E-state index contributed by atoms with van der Waals surface area (Å²) in [7, 11) is 0. The highest BCUT2D eigenvalue weighted by molar-refractivity contribution is 7.10. The van der Waals surface area contributed by atoms with E-state index in [1.165, 1.54) is 5.56 Å². The van der Waals surface area contributed by atoms with Crippen molar-refractivity contribution in [1.82, 2.24) is 4.90 Å². The summed E-state index contributed by atoms with van der Waals surface area (Å²) in [6.45, 7) is 6.02. The van der Waals surface area contributed by atoms with Crippen molar-refractivity contribution in [3.63, 3.8) is 0 Å². The van der Waals surface area contributed by atoms with E-state index in [2.05, 4.69) is 24.4 Å². The topological polar surface area (TPSA) is 52.6 Å². The average molecular weight is 434 g/mol. The molecule has 2 aromatic carbocycles. The first-order valence-electron chi connectivity index (χ1n) is 10.5. The molecule has 0 spiro atoms. The van der Waals surface area contributed by atoms with E-state index < -0.39 is 0 Å². The summed E-state index contributed by atoms with van der Waals surface area (Å²) in [5.41, 5.74) is 4.82. The number of nitrogens with one attached hydrogen (secondary N) is 1. The highest BCUT2D eigenvalue weighted by Crippen LogP contribution is 2.31. The second kappa shape index (κ2) is 9.35. The number of carbonyl (C=O) groups is 2. The summed E-state index contributed by atoms with van der Waals surface area (Å²) in [4.78, 5) is 30.7. The molecule has 0 unspecified atom stereocenters. The zero-order valence-corrected chi connectivity index (χ0v) is 18.7. The number of urea groups is 1. The van der Waals surface area contributed by atoms with Gasteiger partial charge in [-0.05, 0) is 60.5 Å². The molecule has 2 heterocycles. The highest BCUT2D eigenvalue weighted by atomic mass is 32.1. The minimum absolute atomic E-state index is 0.0212. The minimum atomic E-state index is -0.0736. The Hall–Kier alpha value is -3.12. The van der Waals surface area contributed by atoms with Crippen LogP contribution in [0.2, 0.25) is 0 Å². The van der Waals surface area contributed by atoms with Crippen LogP contribution in [0.25, 0.3) is 0 Å². The van der Waals surface area contributed by atoms with E-state index in [0.29, 0.717) is 25.2 Å². The van der Waals surface area contributed by atoms with Crippen molar-refractivity contribution in [2.24, 2.45) is 0 Å². The SMILES string of the molecule is Cc1ccc(N2CCCN(Cc3ccccc3C)C2=O)c(NC(=O)Cc2cccs2)c1. The van der Waals surface area contributed by atoms with Crippen molar-refractivity contribution in [2.45, 2.75) is 33.2 Å². The van der Waals surface area contributed by atoms with Gasteiger partial charge in [-0.1, -0.05) is 36.4 Å². The van der Waals surface area contributed by atoms with Gasteiger partial charge in [-0.25, -0.2) is 4.79 Å². The van der Waals surface area contributed by atoms with Crippen molar-refractivity contribution in [3.8, 4) is 0 Å². The Labute approximate surface area is 187 Å². The van der Waals surface area contributed by atoms with Crippen molar-refractivity contribution >= 4 is 34.6 Å². The lowest BCUT2D eigenvalue weighted by molar-refractivity contribution is -0.115. The van der Waals surface area contributed by atoms with Gasteiger partial charge in [0.15, 0.2) is 0 Å². The van der Waals surface area contributed by atoms with E-state index in [1.54, 1.807) is 16.2 Å². The van der Waals surface area contributed by atoms with Gasteiger partial charge in [0.1, 0.15) is 0 Å². The van der Waals surface area contributed by atoms with Gasteiger partial charge in [0.2, 0.25) is 5.91 Å². The number of carbonyl (C=O) groups excluding carboxylic acids is 2. The maximum Gasteiger partial charge on any atom is 0.324 e. The monoisotopic (exact) mass is 433 g/mol. The molecule has 0 atom stereocenters. The fourth-order valence-corrected chi connectivity index (χ4v) is 4.60. The maximum absolute atomic E-state index is 13.4. The van der Waals surface area contributed by atoms with Crippen molar-refractivity contribution in [3.05, 3.63) is 81.5 Å². The molecule has 1 fully saturated rings. The first kappa shape index (κ1) is 21.1. The Bertz CT molecular complexity index is 1080. The van der Waals surface area contributed by atoms with Crippen LogP contribution >= 0.6 is 11.3 Å². The average Bonchev–Trinajstić information content (AvgIpc) is 3.24. The largest absolute Gasteiger partial charge is 0.324 e. The molecule has 4 rings (SSSR count). The lowest BCUT2D eigenvalue weighted by Crippen LogP contribution is -2.49. The molecule has 0 saturated carbocycles. The molecule has 3 amide bonds. The molecule has 0 radical (unpaired) electrons. The van der Waals surface area contributed by atoms with E-state index >= 15 is 0 Å². The molecule has 0 aliphatic carbocycles. The second-order valence-corrected chi connectivity index (χ2v) is 8.99. The Morgan fingerprint density at radius 2 is 1.90 bits per heavy atom. The first-order chi connectivity index (χ1) is 15.0. The van der Waals surface area contributed by atoms with E-state index in [0.717, 1.165) is 34.7 Å². The molecule has 31 heavy (non-hydrogen) atoms. The van der Waals surface area contributed by atoms with Crippen LogP contribution in [0.4, 0.5) is 16.2 Å². The zero-order valence-electron chi connectivity index (χ0n) is 17.9. The summed E-state index contributed by atoms with van der Waals surface area (Å²) in [5.74, 6) is -0.0736. The lowest BCUT2D eigenvalue weighted by Gasteiger charge is -2.36. The van der Waals surface area contributed by atoms with Crippen LogP contribution in [-0.2, 0) is 17.8 Å². The molecular weight excluding hydrogens is 406 g/mol. The molecule has 160 valence electrons. The molecule has 1 aliphatic rings. The summed E-state index contributed by atoms with van der Waals surface area (Å²) >= 11 is 1.57. The van der Waals surface area contributed by atoms with Gasteiger partial charge in [-0.2, -0.15) is 0 Å². The van der Waals surface area contributed by atoms with Crippen LogP contribution in [0.5, 0.6) is 0 Å². The molecule has 3 aromatic rings. The van der Waals surface area contributed by atoms with Gasteiger partial charge in [0.05, 0.1) is 17.8 Å². The minimum Gasteiger partial charge on any atom is -0.324 e. The van der Waals surface area contributed by atoms with Crippen LogP contribution < -0.4 is 10.2 Å². The molecule has 6 heteroatoms. The predicted octanol–water partition coefficient (Wildman–Crippen LogP) is 5.38. The third-order valence-corrected chi connectivity index (χ3v) is 6.44. The predicted molar refractivity (Wildman–Crippen MR) is 127 cm³/mol. The molecular formula is C25H27N3O2S. The van der Waals surface area contributed by atoms with E-state index in [-0.39, 0.29) is 11.9 Å². The third kappa shape index (κ3) is 4.97. The molecule has 5 nitrogen and oxygen atoms in total. The third-order valence-electron chi connectivity index (χ3n) is 5.57. The van der Waals surface area contributed by atoms with Gasteiger partial charge >= 0.3 is 6.03 Å². The van der Waals surface area contributed by atoms with E-state index in [9.17, 15) is 9.59 Å². The Kier molecular flexibility index (Phi) is 6.37. The quantitative estimate of drug-likeness (QED) is 0.568. The summed E-state index contributed by atoms with van der Waals surface area (Å²) in [6.07, 6.45) is 1.21. The van der Waals surface area contributed by atoms with E-state index in [1.807, 2.05) is 59.7 Å². The van der Waals surface area contributed by atoms with Crippen LogP contribution in [0, 0.1) is 13.8 Å². The molecule has 1 aromatic heterocycles. The number of anilines is 2. The maximum atomic E-state index is 13.4. The number of nitrogens with zero attached hydrogens (tertiary/aromatic N) is 2. The fraction of sp³-hybridized carbons (Fsp3) is 0.280. The number of rotatable bonds is 6. The Morgan fingerprint density at radius 3 is 2.68 bits per heavy atom. The number of hydrogen-bond acceptors (Lipinski definition) is 3. The standard InChI is InChI=1S/C25H27N3O2S/c1-18-10-11-23(22(15-18)26-24(29)16-21-9-5-14-31-21)28-13-6-12-27(25(28)30)17-20-8-4-3-7-19(20)2/h3-5,7-11,14-15H,6,12-13,16-17H2,1-2H3,(H,26,29). The fourth-order valence-electron chi connectivity index (χ4n) is 3.90. The van der Waals surface area contributed by atoms with Crippen LogP contribution in [0.15, 0.2) is 60.0 Å². The second-order valence-electron chi connectivity index (χ2n) is 7.96. The van der Waals surface area contributed by atoms with Crippen molar-refractivity contribution in [2.75, 3.05) is 23.3 Å². The number of thiophene rings is 1. The number of amides is 3. The van der Waals surface area contributed by atoms with Crippen molar-refractivity contribution < 1.29 is 9.59 Å². The van der Waals surface area contributed by atoms with Crippen LogP contribution in [-0.4, -0.2) is 29.9 Å². The summed E-state index contributed by atoms with van der Waals surface area (Å²) < 4.78 is 0. The lowest BCUT2D eigenvalue weighted by atomic mass is 10.1. The summed E-state index contributed by atoms with van der Waals surface area (Å²) in [5, 5.41) is 5.00. The normalized spacial score (nSPS) is 14.1. The molecule has 0 bridgehead atoms. The van der Waals surface area contributed by atoms with Gasteiger partial charge in [0.25, 0.3) is 0 Å². The molecule has 1 aliphatic heterocycles. The Morgan fingerprint density at radius 1 is 1.06 bits per heavy atom. The highest BCUT2D eigenvalue weighted by Gasteiger charge is 2.29. The number of aryl methyl sites for hydroxylation is 2. The molecule has 1 N–H and O–H groups in total. The molecule has 1 saturated heterocycles. The van der Waals surface area contributed by atoms with Gasteiger partial charge < -0.3 is 10.2 Å². The number of hydrogen-bond donors (Lipinski definition) is 1. The van der Waals surface area contributed by atoms with Gasteiger partial charge in [-0.3, -0.25) is 9.69 Å². The van der Waals surface area contributed by atoms with Crippen LogP contribution in [0.1, 0.15) is 28.0 Å². The summed E-state index contributed by atoms with van der Waals surface area (Å²) in [6, 6.07) is 17.9.